The second kappa shape index (κ2) is 11.1. The summed E-state index contributed by atoms with van der Waals surface area (Å²) in [7, 11) is 0. The number of nitrogens with zero attached hydrogens (tertiary/aromatic N) is 3. The van der Waals surface area contributed by atoms with E-state index in [0.717, 1.165) is 31.4 Å². The normalized spacial score (nSPS) is 17.2. The van der Waals surface area contributed by atoms with E-state index in [1.54, 1.807) is 18.7 Å². The highest BCUT2D eigenvalue weighted by Gasteiger charge is 2.35. The van der Waals surface area contributed by atoms with Crippen LogP contribution in [0.1, 0.15) is 79.1 Å². The second-order valence-electron chi connectivity index (χ2n) is 9.59. The first-order valence-corrected chi connectivity index (χ1v) is 12.4. The van der Waals surface area contributed by atoms with Crippen LogP contribution in [0.25, 0.3) is 11.3 Å². The van der Waals surface area contributed by atoms with Crippen LogP contribution in [0.3, 0.4) is 0 Å². The molecule has 0 radical (unpaired) electrons. The largest absolute Gasteiger partial charge is 0.364 e. The molecular formula is C26H30F2N6O4. The lowest BCUT2D eigenvalue weighted by Crippen LogP contribution is -2.44. The SMILES string of the molecule is Cc1onc(C(N)=O)c1[C@H](CC(=O)N1CCCC[C@@H]1C)C(=O)N[C@@H](C)c1ncc(-c2ccc(F)cc2F)[nH]1. The fourth-order valence-electron chi connectivity index (χ4n) is 4.84. The van der Waals surface area contributed by atoms with E-state index in [0.29, 0.717) is 18.1 Å². The van der Waals surface area contributed by atoms with E-state index in [9.17, 15) is 23.2 Å². The number of piperidine rings is 1. The van der Waals surface area contributed by atoms with Gasteiger partial charge in [-0.2, -0.15) is 0 Å². The monoisotopic (exact) mass is 528 g/mol. The Balaban J connectivity index is 1.58. The lowest BCUT2D eigenvalue weighted by molar-refractivity contribution is -0.137. The van der Waals surface area contributed by atoms with Gasteiger partial charge in [-0.3, -0.25) is 14.4 Å². The molecule has 3 aromatic rings. The van der Waals surface area contributed by atoms with E-state index in [2.05, 4.69) is 20.4 Å². The molecule has 38 heavy (non-hydrogen) atoms. The number of imidazole rings is 1. The first kappa shape index (κ1) is 27.0. The first-order chi connectivity index (χ1) is 18.1. The number of hydrogen-bond donors (Lipinski definition) is 3. The van der Waals surface area contributed by atoms with E-state index >= 15 is 0 Å². The first-order valence-electron chi connectivity index (χ1n) is 12.4. The average molecular weight is 529 g/mol. The number of likely N-dealkylation sites (tertiary alicyclic amines) is 1. The van der Waals surface area contributed by atoms with Crippen LogP contribution in [0.15, 0.2) is 28.9 Å². The number of hydrogen-bond acceptors (Lipinski definition) is 6. The fourth-order valence-corrected chi connectivity index (χ4v) is 4.84. The lowest BCUT2D eigenvalue weighted by Gasteiger charge is -2.34. The molecule has 1 fully saturated rings. The number of aryl methyl sites for hydroxylation is 1. The van der Waals surface area contributed by atoms with Gasteiger partial charge in [0.25, 0.3) is 5.91 Å². The van der Waals surface area contributed by atoms with E-state index in [-0.39, 0.29) is 41.0 Å². The minimum Gasteiger partial charge on any atom is -0.364 e. The van der Waals surface area contributed by atoms with Gasteiger partial charge >= 0.3 is 0 Å². The number of benzene rings is 1. The van der Waals surface area contributed by atoms with Gasteiger partial charge in [-0.05, 0) is 52.2 Å². The predicted octanol–water partition coefficient (Wildman–Crippen LogP) is 3.50. The molecule has 0 spiro atoms. The van der Waals surface area contributed by atoms with Crippen molar-refractivity contribution in [3.63, 3.8) is 0 Å². The zero-order valence-corrected chi connectivity index (χ0v) is 21.4. The van der Waals surface area contributed by atoms with Crippen LogP contribution in [0.2, 0.25) is 0 Å². The van der Waals surface area contributed by atoms with Crippen molar-refractivity contribution in [3.8, 4) is 11.3 Å². The van der Waals surface area contributed by atoms with Gasteiger partial charge in [0, 0.05) is 36.2 Å². The number of primary amides is 1. The maximum absolute atomic E-state index is 14.2. The molecule has 0 aliphatic carbocycles. The van der Waals surface area contributed by atoms with Crippen LogP contribution in [0.5, 0.6) is 0 Å². The number of rotatable bonds is 8. The molecule has 12 heteroatoms. The number of H-pyrrole nitrogens is 1. The van der Waals surface area contributed by atoms with Crippen molar-refractivity contribution in [1.29, 1.82) is 0 Å². The molecule has 4 rings (SSSR count). The van der Waals surface area contributed by atoms with Crippen molar-refractivity contribution >= 4 is 17.7 Å². The molecule has 3 heterocycles. The zero-order chi connectivity index (χ0) is 27.6. The van der Waals surface area contributed by atoms with Crippen molar-refractivity contribution in [3.05, 3.63) is 58.9 Å². The maximum Gasteiger partial charge on any atom is 0.271 e. The minimum atomic E-state index is -1.10. The summed E-state index contributed by atoms with van der Waals surface area (Å²) < 4.78 is 32.7. The summed E-state index contributed by atoms with van der Waals surface area (Å²) in [5, 5.41) is 6.51. The quantitative estimate of drug-likeness (QED) is 0.408. The third kappa shape index (κ3) is 5.58. The maximum atomic E-state index is 14.2. The summed E-state index contributed by atoms with van der Waals surface area (Å²) in [6, 6.07) is 2.53. The standard InChI is InChI=1S/C26H30F2N6O4/c1-13-6-4-5-9-34(13)21(35)11-18(22-15(3)38-33-23(22)24(29)36)26(37)31-14(2)25-30-12-20(32-25)17-8-7-16(27)10-19(17)28/h7-8,10,12-14,18H,4-6,9,11H2,1-3H3,(H2,29,36)(H,30,32)(H,31,37)/t13-,14-,18-/m0/s1. The smallest absolute Gasteiger partial charge is 0.271 e. The number of halogens is 2. The van der Waals surface area contributed by atoms with Gasteiger partial charge < -0.3 is 25.5 Å². The highest BCUT2D eigenvalue weighted by atomic mass is 19.1. The number of nitrogens with one attached hydrogen (secondary N) is 2. The van der Waals surface area contributed by atoms with Crippen molar-refractivity contribution in [2.45, 2.75) is 64.5 Å². The molecule has 0 saturated carbocycles. The van der Waals surface area contributed by atoms with Crippen LogP contribution in [0, 0.1) is 18.6 Å². The molecule has 0 bridgehead atoms. The van der Waals surface area contributed by atoms with Gasteiger partial charge in [0.15, 0.2) is 5.69 Å². The number of carbonyl (C=O) groups is 3. The Kier molecular flexibility index (Phi) is 7.88. The molecule has 3 atom stereocenters. The Labute approximate surface area is 218 Å². The molecular weight excluding hydrogens is 498 g/mol. The fraction of sp³-hybridized carbons (Fsp3) is 0.423. The van der Waals surface area contributed by atoms with Gasteiger partial charge in [-0.25, -0.2) is 13.8 Å². The molecule has 10 nitrogen and oxygen atoms in total. The molecule has 1 aliphatic heterocycles. The molecule has 1 aromatic carbocycles. The summed E-state index contributed by atoms with van der Waals surface area (Å²) in [4.78, 5) is 47.8. The molecule has 1 aliphatic rings. The molecule has 202 valence electrons. The summed E-state index contributed by atoms with van der Waals surface area (Å²) in [6.45, 7) is 5.75. The summed E-state index contributed by atoms with van der Waals surface area (Å²) >= 11 is 0. The topological polar surface area (TPSA) is 147 Å². The Bertz CT molecular complexity index is 1350. The highest BCUT2D eigenvalue weighted by molar-refractivity contribution is 5.97. The van der Waals surface area contributed by atoms with Crippen LogP contribution >= 0.6 is 0 Å². The number of carbonyl (C=O) groups excluding carboxylic acids is 3. The van der Waals surface area contributed by atoms with Gasteiger partial charge in [-0.1, -0.05) is 5.16 Å². The van der Waals surface area contributed by atoms with E-state index < -0.39 is 35.4 Å². The zero-order valence-electron chi connectivity index (χ0n) is 21.4. The molecule has 0 unspecified atom stereocenters. The highest BCUT2D eigenvalue weighted by Crippen LogP contribution is 2.30. The van der Waals surface area contributed by atoms with Crippen LogP contribution < -0.4 is 11.1 Å². The van der Waals surface area contributed by atoms with Crippen LogP contribution in [0.4, 0.5) is 8.78 Å². The van der Waals surface area contributed by atoms with Crippen molar-refractivity contribution in [2.75, 3.05) is 6.54 Å². The van der Waals surface area contributed by atoms with Gasteiger partial charge in [0.1, 0.15) is 23.2 Å². The predicted molar refractivity (Wildman–Crippen MR) is 133 cm³/mol. The average Bonchev–Trinajstić information content (AvgIpc) is 3.50. The Morgan fingerprint density at radius 3 is 2.74 bits per heavy atom. The summed E-state index contributed by atoms with van der Waals surface area (Å²) in [5.74, 6) is -3.71. The number of aromatic nitrogens is 3. The second-order valence-corrected chi connectivity index (χ2v) is 9.59. The molecule has 3 amide bonds. The van der Waals surface area contributed by atoms with Crippen molar-refractivity contribution < 1.29 is 27.7 Å². The van der Waals surface area contributed by atoms with Gasteiger partial charge in [0.05, 0.1) is 23.9 Å². The van der Waals surface area contributed by atoms with Crippen LogP contribution in [-0.4, -0.2) is 50.3 Å². The Hall–Kier alpha value is -4.09. The van der Waals surface area contributed by atoms with Crippen LogP contribution in [-0.2, 0) is 9.59 Å². The van der Waals surface area contributed by atoms with E-state index in [4.69, 9.17) is 10.3 Å². The Morgan fingerprint density at radius 2 is 2.05 bits per heavy atom. The molecule has 4 N–H and O–H groups in total. The van der Waals surface area contributed by atoms with Crippen molar-refractivity contribution in [1.82, 2.24) is 25.3 Å². The number of amides is 3. The van der Waals surface area contributed by atoms with Crippen molar-refractivity contribution in [2.24, 2.45) is 5.73 Å². The number of nitrogens with two attached hydrogens (primary N) is 1. The van der Waals surface area contributed by atoms with E-state index in [1.807, 2.05) is 6.92 Å². The third-order valence-electron chi connectivity index (χ3n) is 6.89. The van der Waals surface area contributed by atoms with Gasteiger partial charge in [-0.15, -0.1) is 0 Å². The van der Waals surface area contributed by atoms with E-state index in [1.165, 1.54) is 12.3 Å². The number of aromatic amines is 1. The summed E-state index contributed by atoms with van der Waals surface area (Å²) in [6.07, 6.45) is 3.93. The Morgan fingerprint density at radius 1 is 1.29 bits per heavy atom. The molecule has 1 saturated heterocycles. The minimum absolute atomic E-state index is 0.0338. The lowest BCUT2D eigenvalue weighted by atomic mass is 9.91. The molecule has 2 aromatic heterocycles. The summed E-state index contributed by atoms with van der Waals surface area (Å²) in [5.41, 5.74) is 5.85. The van der Waals surface area contributed by atoms with Gasteiger partial charge in [0.2, 0.25) is 11.8 Å². The third-order valence-corrected chi connectivity index (χ3v) is 6.89.